The molecule has 1 fully saturated rings. The van der Waals surface area contributed by atoms with Crippen LogP contribution in [0.3, 0.4) is 0 Å². The molecule has 0 spiro atoms. The molecule has 0 atom stereocenters. The van der Waals surface area contributed by atoms with E-state index in [1.165, 1.54) is 12.7 Å². The van der Waals surface area contributed by atoms with Gasteiger partial charge in [-0.25, -0.2) is 4.98 Å². The van der Waals surface area contributed by atoms with Gasteiger partial charge in [-0.05, 0) is 28.9 Å². The maximum absolute atomic E-state index is 11.5. The van der Waals surface area contributed by atoms with Crippen molar-refractivity contribution in [2.45, 2.75) is 13.3 Å². The van der Waals surface area contributed by atoms with Gasteiger partial charge in [-0.2, -0.15) is 0 Å². The molecule has 0 radical (unpaired) electrons. The van der Waals surface area contributed by atoms with Crippen molar-refractivity contribution < 1.29 is 0 Å². The summed E-state index contributed by atoms with van der Waals surface area (Å²) in [6.07, 6.45) is 2.65. The summed E-state index contributed by atoms with van der Waals surface area (Å²) in [6, 6.07) is 0. The van der Waals surface area contributed by atoms with Gasteiger partial charge in [0.1, 0.15) is 10.3 Å². The van der Waals surface area contributed by atoms with Crippen molar-refractivity contribution in [3.8, 4) is 0 Å². The summed E-state index contributed by atoms with van der Waals surface area (Å²) in [4.78, 5) is 22.9. The van der Waals surface area contributed by atoms with Crippen molar-refractivity contribution in [2.24, 2.45) is 0 Å². The molecule has 1 aromatic heterocycles. The second kappa shape index (κ2) is 5.64. The zero-order chi connectivity index (χ0) is 12.3. The molecule has 1 N–H and O–H groups in total. The van der Waals surface area contributed by atoms with Gasteiger partial charge in [0.15, 0.2) is 0 Å². The number of rotatable bonds is 3. The highest BCUT2D eigenvalue weighted by atomic mass is 79.9. The maximum atomic E-state index is 11.5. The molecular formula is C11H17BrN4O. The zero-order valence-electron chi connectivity index (χ0n) is 9.95. The van der Waals surface area contributed by atoms with Crippen molar-refractivity contribution in [2.75, 3.05) is 37.6 Å². The monoisotopic (exact) mass is 300 g/mol. The van der Waals surface area contributed by atoms with Gasteiger partial charge in [-0.3, -0.25) is 9.69 Å². The van der Waals surface area contributed by atoms with Gasteiger partial charge in [0.05, 0.1) is 6.33 Å². The van der Waals surface area contributed by atoms with Gasteiger partial charge < -0.3 is 9.88 Å². The standard InChI is InChI=1S/C11H17BrN4O/c1-2-3-15-4-6-16(7-5-15)10-9(12)11(17)14-8-13-10/h8H,2-7H2,1H3,(H,13,14,17). The van der Waals surface area contributed by atoms with Gasteiger partial charge in [0, 0.05) is 26.2 Å². The van der Waals surface area contributed by atoms with E-state index < -0.39 is 0 Å². The van der Waals surface area contributed by atoms with Crippen LogP contribution in [0.5, 0.6) is 0 Å². The minimum Gasteiger partial charge on any atom is -0.353 e. The van der Waals surface area contributed by atoms with Crippen LogP contribution < -0.4 is 10.5 Å². The minimum atomic E-state index is -0.119. The van der Waals surface area contributed by atoms with Crippen LogP contribution in [-0.2, 0) is 0 Å². The predicted molar refractivity (Wildman–Crippen MR) is 71.5 cm³/mol. The van der Waals surface area contributed by atoms with Crippen LogP contribution in [0.4, 0.5) is 5.82 Å². The lowest BCUT2D eigenvalue weighted by Crippen LogP contribution is -2.47. The summed E-state index contributed by atoms with van der Waals surface area (Å²) in [5.41, 5.74) is -0.119. The number of nitrogens with one attached hydrogen (secondary N) is 1. The fourth-order valence-electron chi connectivity index (χ4n) is 2.09. The molecule has 2 rings (SSSR count). The van der Waals surface area contributed by atoms with E-state index in [0.29, 0.717) is 4.47 Å². The van der Waals surface area contributed by atoms with Gasteiger partial charge in [0.2, 0.25) is 0 Å². The first-order chi connectivity index (χ1) is 8.22. The average Bonchev–Trinajstić information content (AvgIpc) is 2.34. The largest absolute Gasteiger partial charge is 0.353 e. The van der Waals surface area contributed by atoms with Crippen molar-refractivity contribution >= 4 is 21.7 Å². The average molecular weight is 301 g/mol. The number of piperazine rings is 1. The second-order valence-corrected chi connectivity index (χ2v) is 4.99. The third kappa shape index (κ3) is 2.87. The summed E-state index contributed by atoms with van der Waals surface area (Å²) in [5.74, 6) is 0.755. The Balaban J connectivity index is 2.05. The van der Waals surface area contributed by atoms with Crippen molar-refractivity contribution in [1.29, 1.82) is 0 Å². The molecule has 1 aromatic rings. The number of aromatic nitrogens is 2. The van der Waals surface area contributed by atoms with Crippen molar-refractivity contribution in [3.63, 3.8) is 0 Å². The normalized spacial score (nSPS) is 17.4. The molecule has 5 nitrogen and oxygen atoms in total. The molecule has 0 saturated carbocycles. The third-order valence-corrected chi connectivity index (χ3v) is 3.70. The number of aromatic amines is 1. The van der Waals surface area contributed by atoms with Crippen LogP contribution in [-0.4, -0.2) is 47.6 Å². The highest BCUT2D eigenvalue weighted by molar-refractivity contribution is 9.10. The number of hydrogen-bond acceptors (Lipinski definition) is 4. The van der Waals surface area contributed by atoms with Crippen LogP contribution in [0, 0.1) is 0 Å². The molecule has 94 valence electrons. The van der Waals surface area contributed by atoms with Gasteiger partial charge in [-0.15, -0.1) is 0 Å². The molecule has 2 heterocycles. The summed E-state index contributed by atoms with van der Waals surface area (Å²) >= 11 is 3.30. The lowest BCUT2D eigenvalue weighted by molar-refractivity contribution is 0.258. The highest BCUT2D eigenvalue weighted by Gasteiger charge is 2.19. The number of hydrogen-bond donors (Lipinski definition) is 1. The van der Waals surface area contributed by atoms with E-state index in [1.807, 2.05) is 0 Å². The lowest BCUT2D eigenvalue weighted by atomic mass is 10.3. The van der Waals surface area contributed by atoms with Crippen LogP contribution in [0.1, 0.15) is 13.3 Å². The Morgan fingerprint density at radius 3 is 2.76 bits per heavy atom. The Morgan fingerprint density at radius 1 is 1.41 bits per heavy atom. The molecule has 17 heavy (non-hydrogen) atoms. The lowest BCUT2D eigenvalue weighted by Gasteiger charge is -2.35. The molecule has 0 aliphatic carbocycles. The van der Waals surface area contributed by atoms with Crippen LogP contribution in [0.25, 0.3) is 0 Å². The van der Waals surface area contributed by atoms with Crippen molar-refractivity contribution in [3.05, 3.63) is 21.2 Å². The first-order valence-corrected chi connectivity index (χ1v) is 6.72. The second-order valence-electron chi connectivity index (χ2n) is 4.20. The molecule has 6 heteroatoms. The number of anilines is 1. The molecule has 1 aliphatic rings. The smallest absolute Gasteiger partial charge is 0.267 e. The quantitative estimate of drug-likeness (QED) is 0.907. The van der Waals surface area contributed by atoms with Crippen LogP contribution in [0.15, 0.2) is 15.6 Å². The van der Waals surface area contributed by atoms with E-state index in [1.54, 1.807) is 0 Å². The Kier molecular flexibility index (Phi) is 4.17. The van der Waals surface area contributed by atoms with Crippen LogP contribution in [0.2, 0.25) is 0 Å². The molecule has 0 aromatic carbocycles. The first kappa shape index (κ1) is 12.6. The summed E-state index contributed by atoms with van der Waals surface area (Å²) in [7, 11) is 0. The molecule has 1 aliphatic heterocycles. The van der Waals surface area contributed by atoms with E-state index >= 15 is 0 Å². The summed E-state index contributed by atoms with van der Waals surface area (Å²) < 4.78 is 0.531. The Hall–Kier alpha value is -0.880. The van der Waals surface area contributed by atoms with E-state index in [2.05, 4.69) is 42.6 Å². The Bertz CT molecular complexity index is 426. The van der Waals surface area contributed by atoms with E-state index in [0.717, 1.165) is 38.5 Å². The first-order valence-electron chi connectivity index (χ1n) is 5.93. The van der Waals surface area contributed by atoms with Crippen LogP contribution >= 0.6 is 15.9 Å². The summed E-state index contributed by atoms with van der Waals surface area (Å²) in [6.45, 7) is 7.27. The topological polar surface area (TPSA) is 52.2 Å². The summed E-state index contributed by atoms with van der Waals surface area (Å²) in [5, 5.41) is 0. The maximum Gasteiger partial charge on any atom is 0.267 e. The Labute approximate surface area is 109 Å². The number of halogens is 1. The Morgan fingerprint density at radius 2 is 2.12 bits per heavy atom. The van der Waals surface area contributed by atoms with E-state index in [-0.39, 0.29) is 5.56 Å². The van der Waals surface area contributed by atoms with E-state index in [4.69, 9.17) is 0 Å². The third-order valence-electron chi connectivity index (χ3n) is 2.99. The van der Waals surface area contributed by atoms with Gasteiger partial charge in [0.25, 0.3) is 5.56 Å². The highest BCUT2D eigenvalue weighted by Crippen LogP contribution is 2.20. The molecule has 1 saturated heterocycles. The number of H-pyrrole nitrogens is 1. The zero-order valence-corrected chi connectivity index (χ0v) is 11.5. The molecule has 0 unspecified atom stereocenters. The molecule has 0 amide bonds. The molecular weight excluding hydrogens is 284 g/mol. The van der Waals surface area contributed by atoms with E-state index in [9.17, 15) is 4.79 Å². The fourth-order valence-corrected chi connectivity index (χ4v) is 2.56. The van der Waals surface area contributed by atoms with Gasteiger partial charge >= 0.3 is 0 Å². The minimum absolute atomic E-state index is 0.119. The van der Waals surface area contributed by atoms with Gasteiger partial charge in [-0.1, -0.05) is 6.92 Å². The fraction of sp³-hybridized carbons (Fsp3) is 0.636. The predicted octanol–water partition coefficient (Wildman–Crippen LogP) is 1.06. The SMILES string of the molecule is CCCN1CCN(c2nc[nH]c(=O)c2Br)CC1. The van der Waals surface area contributed by atoms with Crippen molar-refractivity contribution in [1.82, 2.24) is 14.9 Å². The number of nitrogens with zero attached hydrogens (tertiary/aromatic N) is 3. The molecule has 0 bridgehead atoms.